The van der Waals surface area contributed by atoms with Gasteiger partial charge in [-0.05, 0) is 36.8 Å². The molecule has 1 aromatic carbocycles. The average Bonchev–Trinajstić information content (AvgIpc) is 2.87. The van der Waals surface area contributed by atoms with Gasteiger partial charge in [0.2, 0.25) is 0 Å². The third kappa shape index (κ3) is 2.74. The number of nitrogens with zero attached hydrogens (tertiary/aromatic N) is 3. The summed E-state index contributed by atoms with van der Waals surface area (Å²) < 4.78 is 0. The van der Waals surface area contributed by atoms with Gasteiger partial charge in [-0.25, -0.2) is 4.98 Å². The molecule has 25 heavy (non-hydrogen) atoms. The van der Waals surface area contributed by atoms with Crippen molar-refractivity contribution in [2.24, 2.45) is 0 Å². The van der Waals surface area contributed by atoms with Crippen molar-refractivity contribution in [1.29, 1.82) is 0 Å². The van der Waals surface area contributed by atoms with E-state index in [0.29, 0.717) is 5.56 Å². The summed E-state index contributed by atoms with van der Waals surface area (Å²) in [4.78, 5) is 40.1. The van der Waals surface area contributed by atoms with Gasteiger partial charge in [-0.3, -0.25) is 24.6 Å². The zero-order valence-corrected chi connectivity index (χ0v) is 13.1. The van der Waals surface area contributed by atoms with Gasteiger partial charge in [0.1, 0.15) is 5.82 Å². The number of aromatic nitrogens is 1. The van der Waals surface area contributed by atoms with E-state index >= 15 is 0 Å². The lowest BCUT2D eigenvalue weighted by Crippen LogP contribution is -2.31. The number of carbonyl (C=O) groups excluding carboxylic acids is 2. The number of carbonyl (C=O) groups is 2. The lowest BCUT2D eigenvalue weighted by atomic mass is 9.96. The fourth-order valence-electron chi connectivity index (χ4n) is 2.79. The molecule has 1 atom stereocenters. The monoisotopic (exact) mass is 339 g/mol. The number of hydrogen-bond acceptors (Lipinski definition) is 6. The van der Waals surface area contributed by atoms with E-state index in [-0.39, 0.29) is 17.1 Å². The molecule has 0 radical (unpaired) electrons. The fourth-order valence-corrected chi connectivity index (χ4v) is 2.79. The predicted octanol–water partition coefficient (Wildman–Crippen LogP) is 2.48. The van der Waals surface area contributed by atoms with Gasteiger partial charge in [0.25, 0.3) is 11.6 Å². The number of rotatable bonds is 4. The highest BCUT2D eigenvalue weighted by molar-refractivity contribution is 6.15. The molecule has 2 heterocycles. The first-order valence-electron chi connectivity index (χ1n) is 7.35. The van der Waals surface area contributed by atoms with E-state index < -0.39 is 28.4 Å². The molecule has 0 aliphatic carbocycles. The van der Waals surface area contributed by atoms with Gasteiger partial charge in [0, 0.05) is 18.3 Å². The number of benzene rings is 1. The number of amides is 1. The Balaban J connectivity index is 2.14. The van der Waals surface area contributed by atoms with Crippen LogP contribution in [0.1, 0.15) is 18.5 Å². The summed E-state index contributed by atoms with van der Waals surface area (Å²) >= 11 is 0. The van der Waals surface area contributed by atoms with Crippen molar-refractivity contribution in [2.45, 2.75) is 13.0 Å². The molecule has 126 valence electrons. The van der Waals surface area contributed by atoms with Gasteiger partial charge < -0.3 is 5.11 Å². The highest BCUT2D eigenvalue weighted by Gasteiger charge is 2.43. The molecule has 1 amide bonds. The molecule has 1 N–H and O–H groups in total. The quantitative estimate of drug-likeness (QED) is 0.676. The second-order valence-electron chi connectivity index (χ2n) is 5.43. The lowest BCUT2D eigenvalue weighted by Gasteiger charge is -2.25. The molecule has 0 saturated carbocycles. The number of nitro benzene ring substituents is 1. The molecule has 2 aromatic rings. The standard InChI is InChI=1S/C17H13N3O5/c1-10(21)14-15(11-5-7-12(8-6-11)20(24)25)19(17(23)16(14)22)13-4-2-3-9-18-13/h2-9,15,22H,1H3/t15-/m1/s1. The summed E-state index contributed by atoms with van der Waals surface area (Å²) in [7, 11) is 0. The van der Waals surface area contributed by atoms with Crippen LogP contribution in [0, 0.1) is 10.1 Å². The molecule has 8 heteroatoms. The van der Waals surface area contributed by atoms with E-state index in [4.69, 9.17) is 0 Å². The van der Waals surface area contributed by atoms with E-state index in [9.17, 15) is 24.8 Å². The number of hydrogen-bond donors (Lipinski definition) is 1. The number of nitro groups is 1. The van der Waals surface area contributed by atoms with Crippen molar-refractivity contribution in [3.63, 3.8) is 0 Å². The van der Waals surface area contributed by atoms with E-state index in [1.54, 1.807) is 18.2 Å². The third-order valence-electron chi connectivity index (χ3n) is 3.90. The van der Waals surface area contributed by atoms with Gasteiger partial charge in [-0.15, -0.1) is 0 Å². The van der Waals surface area contributed by atoms with Crippen LogP contribution in [0.15, 0.2) is 60.0 Å². The van der Waals surface area contributed by atoms with Gasteiger partial charge in [-0.2, -0.15) is 0 Å². The van der Waals surface area contributed by atoms with Crippen molar-refractivity contribution >= 4 is 23.2 Å². The molecule has 3 rings (SSSR count). The second-order valence-corrected chi connectivity index (χ2v) is 5.43. The Kier molecular flexibility index (Phi) is 4.02. The number of pyridine rings is 1. The predicted molar refractivity (Wildman–Crippen MR) is 87.9 cm³/mol. The van der Waals surface area contributed by atoms with Crippen molar-refractivity contribution in [3.8, 4) is 0 Å². The Morgan fingerprint density at radius 1 is 1.24 bits per heavy atom. The van der Waals surface area contributed by atoms with Gasteiger partial charge in [0.15, 0.2) is 11.5 Å². The van der Waals surface area contributed by atoms with Crippen molar-refractivity contribution in [1.82, 2.24) is 4.98 Å². The molecule has 1 aliphatic rings. The highest BCUT2D eigenvalue weighted by atomic mass is 16.6. The van der Waals surface area contributed by atoms with E-state index in [2.05, 4.69) is 4.98 Å². The SMILES string of the molecule is CC(=O)C1=C(O)C(=O)N(c2ccccn2)[C@@H]1c1ccc([N+](=O)[O-])cc1. The van der Waals surface area contributed by atoms with Crippen molar-refractivity contribution < 1.29 is 19.6 Å². The summed E-state index contributed by atoms with van der Waals surface area (Å²) in [5.74, 6) is -1.58. The summed E-state index contributed by atoms with van der Waals surface area (Å²) in [6.07, 6.45) is 1.48. The van der Waals surface area contributed by atoms with E-state index in [1.807, 2.05) is 0 Å². The Bertz CT molecular complexity index is 890. The van der Waals surface area contributed by atoms with Crippen LogP contribution in [0.3, 0.4) is 0 Å². The smallest absolute Gasteiger partial charge is 0.295 e. The maximum Gasteiger partial charge on any atom is 0.295 e. The van der Waals surface area contributed by atoms with Crippen LogP contribution in [0.25, 0.3) is 0 Å². The first-order chi connectivity index (χ1) is 11.9. The fraction of sp³-hybridized carbons (Fsp3) is 0.118. The van der Waals surface area contributed by atoms with Crippen LogP contribution in [-0.2, 0) is 9.59 Å². The Hall–Kier alpha value is -3.55. The molecule has 0 bridgehead atoms. The maximum absolute atomic E-state index is 12.5. The second kappa shape index (κ2) is 6.16. The van der Waals surface area contributed by atoms with Crippen LogP contribution < -0.4 is 4.90 Å². The highest BCUT2D eigenvalue weighted by Crippen LogP contribution is 2.40. The molecule has 1 aliphatic heterocycles. The molecule has 0 unspecified atom stereocenters. The lowest BCUT2D eigenvalue weighted by molar-refractivity contribution is -0.384. The zero-order chi connectivity index (χ0) is 18.1. The maximum atomic E-state index is 12.5. The minimum Gasteiger partial charge on any atom is -0.503 e. The molecular formula is C17H13N3O5. The third-order valence-corrected chi connectivity index (χ3v) is 3.90. The number of non-ortho nitro benzene ring substituents is 1. The summed E-state index contributed by atoms with van der Waals surface area (Å²) in [6, 6.07) is 9.48. The molecule has 1 aromatic heterocycles. The van der Waals surface area contributed by atoms with Gasteiger partial charge in [0.05, 0.1) is 16.5 Å². The molecule has 0 spiro atoms. The van der Waals surface area contributed by atoms with Gasteiger partial charge in [-0.1, -0.05) is 6.07 Å². The van der Waals surface area contributed by atoms with Crippen molar-refractivity contribution in [2.75, 3.05) is 4.90 Å². The number of anilines is 1. The number of aliphatic hydroxyl groups excluding tert-OH is 1. The number of aliphatic hydroxyl groups is 1. The Labute approximate surface area is 142 Å². The van der Waals surface area contributed by atoms with Crippen LogP contribution in [0.2, 0.25) is 0 Å². The van der Waals surface area contributed by atoms with Crippen LogP contribution in [0.5, 0.6) is 0 Å². The Morgan fingerprint density at radius 2 is 1.92 bits per heavy atom. The summed E-state index contributed by atoms with van der Waals surface area (Å²) in [6.45, 7) is 1.25. The molecule has 0 saturated heterocycles. The van der Waals surface area contributed by atoms with E-state index in [1.165, 1.54) is 42.3 Å². The van der Waals surface area contributed by atoms with Crippen LogP contribution >= 0.6 is 0 Å². The number of Topliss-reactive ketones (excluding diaryl/α,β-unsaturated/α-hetero) is 1. The summed E-state index contributed by atoms with van der Waals surface area (Å²) in [5.41, 5.74) is 0.276. The minimum absolute atomic E-state index is 0.0653. The topological polar surface area (TPSA) is 114 Å². The van der Waals surface area contributed by atoms with Crippen LogP contribution in [0.4, 0.5) is 11.5 Å². The molecule has 8 nitrogen and oxygen atoms in total. The molecular weight excluding hydrogens is 326 g/mol. The zero-order valence-electron chi connectivity index (χ0n) is 13.1. The Morgan fingerprint density at radius 3 is 2.44 bits per heavy atom. The number of ketones is 1. The largest absolute Gasteiger partial charge is 0.503 e. The first kappa shape index (κ1) is 16.3. The molecule has 0 fully saturated rings. The van der Waals surface area contributed by atoms with Crippen LogP contribution in [-0.4, -0.2) is 26.7 Å². The summed E-state index contributed by atoms with van der Waals surface area (Å²) in [5, 5.41) is 21.0. The van der Waals surface area contributed by atoms with E-state index in [0.717, 1.165) is 0 Å². The van der Waals surface area contributed by atoms with Crippen molar-refractivity contribution in [3.05, 3.63) is 75.7 Å². The van der Waals surface area contributed by atoms with Gasteiger partial charge >= 0.3 is 0 Å². The first-order valence-corrected chi connectivity index (χ1v) is 7.35. The normalized spacial score (nSPS) is 17.1. The average molecular weight is 339 g/mol. The minimum atomic E-state index is -0.902.